The summed E-state index contributed by atoms with van der Waals surface area (Å²) in [5.74, 6) is -0.0474. The van der Waals surface area contributed by atoms with Gasteiger partial charge in [0, 0.05) is 12.2 Å². The highest BCUT2D eigenvalue weighted by atomic mass is 35.5. The number of nitrogens with one attached hydrogen (secondary N) is 1. The number of nitrogens with two attached hydrogens (primary N) is 1. The molecule has 0 aliphatic heterocycles. The highest BCUT2D eigenvalue weighted by molar-refractivity contribution is 5.94. The van der Waals surface area contributed by atoms with Crippen LogP contribution in [-0.2, 0) is 4.79 Å². The molecule has 3 N–H and O–H groups in total. The Morgan fingerprint density at radius 1 is 1.31 bits per heavy atom. The van der Waals surface area contributed by atoms with Gasteiger partial charge in [-0.25, -0.2) is 0 Å². The van der Waals surface area contributed by atoms with Crippen molar-refractivity contribution in [2.75, 3.05) is 11.9 Å². The molecule has 0 aromatic heterocycles. The third-order valence-electron chi connectivity index (χ3n) is 2.43. The van der Waals surface area contributed by atoms with E-state index < -0.39 is 5.41 Å². The van der Waals surface area contributed by atoms with Gasteiger partial charge in [-0.1, -0.05) is 17.7 Å². The Morgan fingerprint density at radius 2 is 1.81 bits per heavy atom. The fourth-order valence-electron chi connectivity index (χ4n) is 1.03. The predicted molar refractivity (Wildman–Crippen MR) is 69.9 cm³/mol. The molecule has 0 saturated carbocycles. The van der Waals surface area contributed by atoms with E-state index in [1.807, 2.05) is 45.0 Å². The molecular weight excluding hydrogens is 224 g/mol. The second-order valence-electron chi connectivity index (χ2n) is 4.41. The van der Waals surface area contributed by atoms with Gasteiger partial charge in [0.25, 0.3) is 0 Å². The minimum atomic E-state index is -0.523. The zero-order valence-corrected chi connectivity index (χ0v) is 10.7. The number of amides is 1. The summed E-state index contributed by atoms with van der Waals surface area (Å²) in [7, 11) is 0. The molecule has 16 heavy (non-hydrogen) atoms. The average molecular weight is 243 g/mol. The Labute approximate surface area is 103 Å². The number of rotatable bonds is 3. The number of hydrogen-bond acceptors (Lipinski definition) is 2. The molecule has 0 saturated heterocycles. The van der Waals surface area contributed by atoms with Crippen molar-refractivity contribution in [3.63, 3.8) is 0 Å². The number of benzene rings is 1. The lowest BCUT2D eigenvalue weighted by atomic mass is 9.92. The fourth-order valence-corrected chi connectivity index (χ4v) is 1.03. The summed E-state index contributed by atoms with van der Waals surface area (Å²) in [6.45, 7) is 6.01. The van der Waals surface area contributed by atoms with E-state index >= 15 is 0 Å². The minimum Gasteiger partial charge on any atom is -0.329 e. The van der Waals surface area contributed by atoms with Crippen molar-refractivity contribution in [2.24, 2.45) is 11.1 Å². The summed E-state index contributed by atoms with van der Waals surface area (Å²) in [6, 6.07) is 7.70. The van der Waals surface area contributed by atoms with Crippen LogP contribution in [0.3, 0.4) is 0 Å². The van der Waals surface area contributed by atoms with Crippen LogP contribution in [0.25, 0.3) is 0 Å². The van der Waals surface area contributed by atoms with Gasteiger partial charge in [0.05, 0.1) is 5.41 Å². The molecule has 0 atom stereocenters. The van der Waals surface area contributed by atoms with Crippen molar-refractivity contribution in [2.45, 2.75) is 20.8 Å². The second-order valence-corrected chi connectivity index (χ2v) is 4.41. The van der Waals surface area contributed by atoms with Crippen LogP contribution in [0.15, 0.2) is 24.3 Å². The standard InChI is InChI=1S/C12H18N2O.ClH/c1-9-4-6-10(7-5-9)14-11(15)12(2,3)8-13;/h4-7H,8,13H2,1-3H3,(H,14,15);1H. The lowest BCUT2D eigenvalue weighted by Gasteiger charge is -2.21. The van der Waals surface area contributed by atoms with Gasteiger partial charge in [0.15, 0.2) is 0 Å². The molecule has 0 fully saturated rings. The second kappa shape index (κ2) is 5.87. The van der Waals surface area contributed by atoms with Gasteiger partial charge in [0.2, 0.25) is 5.91 Å². The summed E-state index contributed by atoms with van der Waals surface area (Å²) >= 11 is 0. The SMILES string of the molecule is Cc1ccc(NC(=O)C(C)(C)CN)cc1.Cl. The number of carbonyl (C=O) groups excluding carboxylic acids is 1. The van der Waals surface area contributed by atoms with E-state index in [2.05, 4.69) is 5.32 Å². The van der Waals surface area contributed by atoms with Gasteiger partial charge in [-0.05, 0) is 32.9 Å². The molecule has 0 aliphatic rings. The molecule has 1 amide bonds. The van der Waals surface area contributed by atoms with Crippen molar-refractivity contribution in [1.29, 1.82) is 0 Å². The maximum atomic E-state index is 11.8. The number of anilines is 1. The topological polar surface area (TPSA) is 55.1 Å². The molecule has 1 rings (SSSR count). The summed E-state index contributed by atoms with van der Waals surface area (Å²) in [5.41, 5.74) is 6.99. The Balaban J connectivity index is 0.00000225. The van der Waals surface area contributed by atoms with Gasteiger partial charge in [0.1, 0.15) is 0 Å². The molecule has 0 unspecified atom stereocenters. The van der Waals surface area contributed by atoms with Crippen LogP contribution >= 0.6 is 12.4 Å². The smallest absolute Gasteiger partial charge is 0.231 e. The first-order valence-corrected chi connectivity index (χ1v) is 5.04. The number of carbonyl (C=O) groups is 1. The number of hydrogen-bond donors (Lipinski definition) is 2. The predicted octanol–water partition coefficient (Wildman–Crippen LogP) is 2.34. The van der Waals surface area contributed by atoms with Gasteiger partial charge in [-0.2, -0.15) is 0 Å². The van der Waals surface area contributed by atoms with Gasteiger partial charge < -0.3 is 11.1 Å². The van der Waals surface area contributed by atoms with Crippen LogP contribution in [0.4, 0.5) is 5.69 Å². The van der Waals surface area contributed by atoms with E-state index in [-0.39, 0.29) is 18.3 Å². The molecule has 4 heteroatoms. The van der Waals surface area contributed by atoms with Crippen LogP contribution in [0, 0.1) is 12.3 Å². The molecule has 0 spiro atoms. The molecule has 0 heterocycles. The fraction of sp³-hybridized carbons (Fsp3) is 0.417. The zero-order chi connectivity index (χ0) is 11.5. The van der Waals surface area contributed by atoms with E-state index in [0.717, 1.165) is 5.69 Å². The first-order chi connectivity index (χ1) is 6.95. The molecule has 0 radical (unpaired) electrons. The molecule has 1 aromatic carbocycles. The Bertz CT molecular complexity index is 347. The van der Waals surface area contributed by atoms with Crippen LogP contribution < -0.4 is 11.1 Å². The van der Waals surface area contributed by atoms with Gasteiger partial charge >= 0.3 is 0 Å². The van der Waals surface area contributed by atoms with Crippen LogP contribution in [0.5, 0.6) is 0 Å². The number of halogens is 1. The molecule has 90 valence electrons. The molecule has 3 nitrogen and oxygen atoms in total. The quantitative estimate of drug-likeness (QED) is 0.855. The van der Waals surface area contributed by atoms with Crippen molar-refractivity contribution >= 4 is 24.0 Å². The Kier molecular flexibility index (Phi) is 5.48. The van der Waals surface area contributed by atoms with Gasteiger partial charge in [-0.3, -0.25) is 4.79 Å². The van der Waals surface area contributed by atoms with Crippen molar-refractivity contribution in [1.82, 2.24) is 0 Å². The summed E-state index contributed by atoms with van der Waals surface area (Å²) in [5, 5.41) is 2.84. The van der Waals surface area contributed by atoms with E-state index in [1.165, 1.54) is 5.56 Å². The minimum absolute atomic E-state index is 0. The monoisotopic (exact) mass is 242 g/mol. The van der Waals surface area contributed by atoms with Crippen LogP contribution in [-0.4, -0.2) is 12.5 Å². The highest BCUT2D eigenvalue weighted by Crippen LogP contribution is 2.17. The van der Waals surface area contributed by atoms with Crippen LogP contribution in [0.1, 0.15) is 19.4 Å². The summed E-state index contributed by atoms with van der Waals surface area (Å²) < 4.78 is 0. The average Bonchev–Trinajstić information content (AvgIpc) is 2.21. The molecule has 0 bridgehead atoms. The third-order valence-corrected chi connectivity index (χ3v) is 2.43. The highest BCUT2D eigenvalue weighted by Gasteiger charge is 2.25. The molecule has 0 aliphatic carbocycles. The summed E-state index contributed by atoms with van der Waals surface area (Å²) in [6.07, 6.45) is 0. The van der Waals surface area contributed by atoms with Crippen molar-refractivity contribution in [3.05, 3.63) is 29.8 Å². The molecular formula is C12H19ClN2O. The lowest BCUT2D eigenvalue weighted by molar-refractivity contribution is -0.123. The van der Waals surface area contributed by atoms with E-state index in [0.29, 0.717) is 6.54 Å². The van der Waals surface area contributed by atoms with Crippen LogP contribution in [0.2, 0.25) is 0 Å². The van der Waals surface area contributed by atoms with E-state index in [1.54, 1.807) is 0 Å². The maximum Gasteiger partial charge on any atom is 0.231 e. The normalized spacial score (nSPS) is 10.5. The molecule has 1 aromatic rings. The van der Waals surface area contributed by atoms with Crippen molar-refractivity contribution < 1.29 is 4.79 Å². The maximum absolute atomic E-state index is 11.8. The first kappa shape index (κ1) is 14.9. The first-order valence-electron chi connectivity index (χ1n) is 5.04. The van der Waals surface area contributed by atoms with Crippen molar-refractivity contribution in [3.8, 4) is 0 Å². The Hall–Kier alpha value is -1.06. The van der Waals surface area contributed by atoms with E-state index in [4.69, 9.17) is 5.73 Å². The summed E-state index contributed by atoms with van der Waals surface area (Å²) in [4.78, 5) is 11.8. The third kappa shape index (κ3) is 3.83. The van der Waals surface area contributed by atoms with Gasteiger partial charge in [-0.15, -0.1) is 12.4 Å². The zero-order valence-electron chi connectivity index (χ0n) is 9.91. The lowest BCUT2D eigenvalue weighted by Crippen LogP contribution is -2.37. The largest absolute Gasteiger partial charge is 0.329 e. The Morgan fingerprint density at radius 3 is 2.25 bits per heavy atom. The van der Waals surface area contributed by atoms with E-state index in [9.17, 15) is 4.79 Å². The number of aryl methyl sites for hydroxylation is 1.